The van der Waals surface area contributed by atoms with Crippen molar-refractivity contribution in [2.24, 2.45) is 34.5 Å². The lowest BCUT2D eigenvalue weighted by atomic mass is 9.44. The largest absolute Gasteiger partial charge is 0.377 e. The van der Waals surface area contributed by atoms with Gasteiger partial charge in [-0.15, -0.1) is 6.42 Å². The summed E-state index contributed by atoms with van der Waals surface area (Å²) >= 11 is 0. The second kappa shape index (κ2) is 4.76. The highest BCUT2D eigenvalue weighted by molar-refractivity contribution is 5.23. The fourth-order valence-electron chi connectivity index (χ4n) is 7.55. The highest BCUT2D eigenvalue weighted by Crippen LogP contribution is 2.68. The first-order valence-electron chi connectivity index (χ1n) is 9.65. The minimum atomic E-state index is -0.840. The molecular weight excluding hydrogens is 268 g/mol. The molecule has 4 saturated carbocycles. The zero-order valence-corrected chi connectivity index (χ0v) is 14.4. The van der Waals surface area contributed by atoms with Gasteiger partial charge in [0.25, 0.3) is 0 Å². The maximum absolute atomic E-state index is 11.0. The van der Waals surface area contributed by atoms with Gasteiger partial charge >= 0.3 is 0 Å². The lowest BCUT2D eigenvalue weighted by molar-refractivity contribution is -0.134. The van der Waals surface area contributed by atoms with Gasteiger partial charge in [0.1, 0.15) is 5.60 Å². The Labute approximate surface area is 136 Å². The quantitative estimate of drug-likeness (QED) is 0.638. The monoisotopic (exact) mass is 300 g/mol. The summed E-state index contributed by atoms with van der Waals surface area (Å²) in [6, 6.07) is 0. The van der Waals surface area contributed by atoms with Crippen LogP contribution in [0, 0.1) is 46.8 Å². The van der Waals surface area contributed by atoms with Gasteiger partial charge in [0.2, 0.25) is 0 Å². The van der Waals surface area contributed by atoms with Gasteiger partial charge in [-0.25, -0.2) is 0 Å². The van der Waals surface area contributed by atoms with Crippen LogP contribution in [0.5, 0.6) is 0 Å². The maximum Gasteiger partial charge on any atom is 0.130 e. The maximum atomic E-state index is 11.0. The number of hydrogen-bond acceptors (Lipinski definition) is 1. The molecule has 1 nitrogen and oxygen atoms in total. The van der Waals surface area contributed by atoms with Gasteiger partial charge in [0.05, 0.1) is 0 Å². The van der Waals surface area contributed by atoms with E-state index in [1.54, 1.807) is 0 Å². The van der Waals surface area contributed by atoms with Gasteiger partial charge < -0.3 is 5.11 Å². The molecule has 0 aromatic carbocycles. The third-order valence-electron chi connectivity index (χ3n) is 8.97. The Morgan fingerprint density at radius 2 is 1.68 bits per heavy atom. The van der Waals surface area contributed by atoms with Crippen molar-refractivity contribution >= 4 is 0 Å². The van der Waals surface area contributed by atoms with E-state index in [1.165, 1.54) is 44.9 Å². The van der Waals surface area contributed by atoms with Crippen LogP contribution in [0.2, 0.25) is 0 Å². The van der Waals surface area contributed by atoms with E-state index in [2.05, 4.69) is 19.8 Å². The Balaban J connectivity index is 1.67. The van der Waals surface area contributed by atoms with Crippen LogP contribution in [0.1, 0.15) is 78.1 Å². The molecule has 0 radical (unpaired) electrons. The zero-order chi connectivity index (χ0) is 15.6. The van der Waals surface area contributed by atoms with E-state index >= 15 is 0 Å². The van der Waals surface area contributed by atoms with Crippen molar-refractivity contribution in [3.05, 3.63) is 0 Å². The predicted molar refractivity (Wildman–Crippen MR) is 90.1 cm³/mol. The summed E-state index contributed by atoms with van der Waals surface area (Å²) in [5.74, 6) is 6.14. The molecule has 1 N–H and O–H groups in total. The Morgan fingerprint density at radius 3 is 2.45 bits per heavy atom. The van der Waals surface area contributed by atoms with Crippen molar-refractivity contribution in [3.8, 4) is 12.3 Å². The number of hydrogen-bond donors (Lipinski definition) is 1. The molecule has 4 aliphatic carbocycles. The van der Waals surface area contributed by atoms with Gasteiger partial charge in [0, 0.05) is 5.41 Å². The van der Waals surface area contributed by atoms with Crippen LogP contribution in [0.4, 0.5) is 0 Å². The van der Waals surface area contributed by atoms with Crippen LogP contribution in [-0.2, 0) is 0 Å². The van der Waals surface area contributed by atoms with Gasteiger partial charge in [-0.05, 0) is 80.5 Å². The predicted octanol–water partition coefficient (Wildman–Crippen LogP) is 4.78. The Kier molecular flexibility index (Phi) is 3.26. The summed E-state index contributed by atoms with van der Waals surface area (Å²) in [4.78, 5) is 0. The molecule has 0 aromatic rings. The first kappa shape index (κ1) is 15.1. The lowest BCUT2D eigenvalue weighted by Crippen LogP contribution is -2.55. The molecule has 4 fully saturated rings. The molecule has 0 amide bonds. The Bertz CT molecular complexity index is 505. The fraction of sp³-hybridized carbons (Fsp3) is 0.905. The van der Waals surface area contributed by atoms with Gasteiger partial charge in [-0.3, -0.25) is 0 Å². The summed E-state index contributed by atoms with van der Waals surface area (Å²) in [5, 5.41) is 11.0. The van der Waals surface area contributed by atoms with Crippen molar-refractivity contribution in [3.63, 3.8) is 0 Å². The minimum Gasteiger partial charge on any atom is -0.377 e. The molecule has 4 rings (SSSR count). The lowest BCUT2D eigenvalue weighted by Gasteiger charge is -2.60. The SMILES string of the molecule is C#C[C@@]1(O)CC[C@@H]2[C@@H]3CC[C@@H]4CCCC[C@]4(C)[C@H]3CC[C@]21C. The minimum absolute atomic E-state index is 0.0270. The summed E-state index contributed by atoms with van der Waals surface area (Å²) in [7, 11) is 0. The second-order valence-electron chi connectivity index (χ2n) is 9.40. The zero-order valence-electron chi connectivity index (χ0n) is 14.4. The van der Waals surface area contributed by atoms with Crippen molar-refractivity contribution in [1.29, 1.82) is 0 Å². The van der Waals surface area contributed by atoms with Crippen molar-refractivity contribution in [2.45, 2.75) is 83.7 Å². The first-order chi connectivity index (χ1) is 10.4. The molecule has 0 bridgehead atoms. The number of rotatable bonds is 0. The highest BCUT2D eigenvalue weighted by atomic mass is 16.3. The normalized spacial score (nSPS) is 57.4. The van der Waals surface area contributed by atoms with Crippen LogP contribution >= 0.6 is 0 Å². The molecule has 0 spiro atoms. The number of fused-ring (bicyclic) bond motifs is 5. The highest BCUT2D eigenvalue weighted by Gasteiger charge is 2.63. The molecule has 122 valence electrons. The average Bonchev–Trinajstić information content (AvgIpc) is 2.79. The first-order valence-corrected chi connectivity index (χ1v) is 9.65. The summed E-state index contributed by atoms with van der Waals surface area (Å²) in [6.07, 6.45) is 18.8. The van der Waals surface area contributed by atoms with Gasteiger partial charge in [-0.1, -0.05) is 32.6 Å². The Hall–Kier alpha value is -0.480. The van der Waals surface area contributed by atoms with Crippen LogP contribution in [0.25, 0.3) is 0 Å². The van der Waals surface area contributed by atoms with E-state index in [4.69, 9.17) is 6.42 Å². The van der Waals surface area contributed by atoms with E-state index < -0.39 is 5.60 Å². The standard InChI is InChI=1S/C21H32O/c1-4-21(22)14-11-18-16-9-8-15-7-5-6-12-19(15,2)17(16)10-13-20(18,21)3/h1,15-18,22H,5-14H2,2-3H3/t15-,16+,17-,18+,19-,20+,21+/m0/s1. The van der Waals surface area contributed by atoms with Crippen LogP contribution < -0.4 is 0 Å². The van der Waals surface area contributed by atoms with Crippen LogP contribution in [0.15, 0.2) is 0 Å². The number of aliphatic hydroxyl groups is 1. The van der Waals surface area contributed by atoms with E-state index in [9.17, 15) is 5.11 Å². The third kappa shape index (κ3) is 1.71. The third-order valence-corrected chi connectivity index (χ3v) is 8.97. The molecule has 7 atom stereocenters. The van der Waals surface area contributed by atoms with Gasteiger partial charge in [0.15, 0.2) is 0 Å². The molecule has 0 heterocycles. The van der Waals surface area contributed by atoms with Crippen molar-refractivity contribution in [2.75, 3.05) is 0 Å². The topological polar surface area (TPSA) is 20.2 Å². The van der Waals surface area contributed by atoms with Gasteiger partial charge in [-0.2, -0.15) is 0 Å². The molecule has 0 aromatic heterocycles. The molecular formula is C21H32O. The van der Waals surface area contributed by atoms with E-state index in [0.29, 0.717) is 11.3 Å². The average molecular weight is 300 g/mol. The molecule has 22 heavy (non-hydrogen) atoms. The van der Waals surface area contributed by atoms with E-state index in [0.717, 1.165) is 37.0 Å². The molecule has 0 aliphatic heterocycles. The fourth-order valence-corrected chi connectivity index (χ4v) is 7.55. The molecule has 4 aliphatic rings. The molecule has 0 unspecified atom stereocenters. The van der Waals surface area contributed by atoms with Crippen molar-refractivity contribution < 1.29 is 5.11 Å². The smallest absolute Gasteiger partial charge is 0.130 e. The number of terminal acetylenes is 1. The van der Waals surface area contributed by atoms with Crippen LogP contribution in [0.3, 0.4) is 0 Å². The summed E-state index contributed by atoms with van der Waals surface area (Å²) < 4.78 is 0. The van der Waals surface area contributed by atoms with Crippen molar-refractivity contribution in [1.82, 2.24) is 0 Å². The summed E-state index contributed by atoms with van der Waals surface area (Å²) in [6.45, 7) is 4.91. The van der Waals surface area contributed by atoms with E-state index in [-0.39, 0.29) is 5.41 Å². The molecule has 0 saturated heterocycles. The van der Waals surface area contributed by atoms with Crippen LogP contribution in [-0.4, -0.2) is 10.7 Å². The molecule has 1 heteroatoms. The second-order valence-corrected chi connectivity index (χ2v) is 9.40. The Morgan fingerprint density at radius 1 is 0.909 bits per heavy atom. The van der Waals surface area contributed by atoms with E-state index in [1.807, 2.05) is 0 Å². The summed E-state index contributed by atoms with van der Waals surface area (Å²) in [5.41, 5.74) is -0.285.